The predicted octanol–water partition coefficient (Wildman–Crippen LogP) is 2.50. The van der Waals surface area contributed by atoms with Crippen LogP contribution in [0.25, 0.3) is 10.4 Å². The lowest BCUT2D eigenvalue weighted by atomic mass is 9.93. The van der Waals surface area contributed by atoms with Crippen molar-refractivity contribution in [2.45, 2.75) is 25.8 Å². The number of benzene rings is 1. The van der Waals surface area contributed by atoms with Crippen LogP contribution in [0.3, 0.4) is 0 Å². The molecule has 2 aromatic rings. The molecule has 1 saturated carbocycles. The van der Waals surface area contributed by atoms with Crippen LogP contribution in [0.5, 0.6) is 0 Å². The zero-order chi connectivity index (χ0) is 19.3. The number of amides is 2. The molecule has 1 aromatic heterocycles. The fraction of sp³-hybridized carbons (Fsp3) is 0.421. The number of primary amides is 1. The van der Waals surface area contributed by atoms with Crippen molar-refractivity contribution < 1.29 is 14.0 Å². The van der Waals surface area contributed by atoms with Crippen LogP contribution in [0.1, 0.15) is 30.3 Å². The molecule has 1 aliphatic carbocycles. The van der Waals surface area contributed by atoms with E-state index in [0.29, 0.717) is 22.9 Å². The Hall–Kier alpha value is -2.48. The van der Waals surface area contributed by atoms with Crippen LogP contribution >= 0.6 is 11.3 Å². The van der Waals surface area contributed by atoms with Gasteiger partial charge >= 0.3 is 0 Å². The predicted molar refractivity (Wildman–Crippen MR) is 101 cm³/mol. The molecule has 4 rings (SSSR count). The number of carbonyl (C=O) groups excluding carboxylic acids is 2. The standard InChI is InChI=1S/C19H21FN4O2S/c1-9-5-11-8-24(15(17(21)25)13(11)6-9)18(26)14-16(27-19(22)23-14)10-3-2-4-12(20)7-10/h2-4,7,9,11,13,15H,5-6,8H2,1H3,(H2,21,25)(H2,22,23)/t9?,11-,13-,15-/m0/s1. The van der Waals surface area contributed by atoms with Crippen molar-refractivity contribution >= 4 is 28.3 Å². The summed E-state index contributed by atoms with van der Waals surface area (Å²) < 4.78 is 13.7. The van der Waals surface area contributed by atoms with E-state index >= 15 is 0 Å². The first-order chi connectivity index (χ1) is 12.8. The summed E-state index contributed by atoms with van der Waals surface area (Å²) in [7, 11) is 0. The Morgan fingerprint density at radius 2 is 2.11 bits per heavy atom. The molecule has 2 heterocycles. The highest BCUT2D eigenvalue weighted by molar-refractivity contribution is 7.19. The van der Waals surface area contributed by atoms with E-state index in [0.717, 1.165) is 24.2 Å². The van der Waals surface area contributed by atoms with Crippen molar-refractivity contribution in [2.24, 2.45) is 23.5 Å². The molecule has 1 unspecified atom stereocenters. The molecule has 1 aliphatic heterocycles. The van der Waals surface area contributed by atoms with Gasteiger partial charge in [-0.2, -0.15) is 0 Å². The second kappa shape index (κ2) is 6.60. The molecule has 0 radical (unpaired) electrons. The summed E-state index contributed by atoms with van der Waals surface area (Å²) in [6, 6.07) is 5.33. The van der Waals surface area contributed by atoms with Crippen molar-refractivity contribution in [3.63, 3.8) is 0 Å². The quantitative estimate of drug-likeness (QED) is 0.843. The van der Waals surface area contributed by atoms with Crippen LogP contribution in [-0.4, -0.2) is 34.3 Å². The van der Waals surface area contributed by atoms with Crippen LogP contribution in [0.2, 0.25) is 0 Å². The number of aromatic nitrogens is 1. The summed E-state index contributed by atoms with van der Waals surface area (Å²) >= 11 is 1.13. The van der Waals surface area contributed by atoms with E-state index in [1.165, 1.54) is 12.1 Å². The number of halogens is 1. The second-order valence-corrected chi connectivity index (χ2v) is 8.58. The fourth-order valence-electron chi connectivity index (χ4n) is 4.66. The Morgan fingerprint density at radius 1 is 1.33 bits per heavy atom. The second-order valence-electron chi connectivity index (χ2n) is 7.55. The first kappa shape index (κ1) is 17.9. The minimum Gasteiger partial charge on any atom is -0.375 e. The normalized spacial score (nSPS) is 27.0. The van der Waals surface area contributed by atoms with Crippen molar-refractivity contribution in [1.82, 2.24) is 9.88 Å². The van der Waals surface area contributed by atoms with Crippen LogP contribution in [0.15, 0.2) is 24.3 Å². The molecule has 4 atom stereocenters. The number of nitrogens with two attached hydrogens (primary N) is 2. The molecule has 1 saturated heterocycles. The molecule has 27 heavy (non-hydrogen) atoms. The summed E-state index contributed by atoms with van der Waals surface area (Å²) in [5, 5.41) is 0.223. The Bertz CT molecular complexity index is 915. The minimum atomic E-state index is -0.629. The molecule has 2 aliphatic rings. The molecule has 0 bridgehead atoms. The molecule has 1 aromatic carbocycles. The van der Waals surface area contributed by atoms with Gasteiger partial charge in [0.2, 0.25) is 5.91 Å². The zero-order valence-corrected chi connectivity index (χ0v) is 15.7. The van der Waals surface area contributed by atoms with Gasteiger partial charge in [-0.05, 0) is 48.3 Å². The molecule has 0 spiro atoms. The average Bonchev–Trinajstić information content (AvgIpc) is 3.25. The Morgan fingerprint density at radius 3 is 2.81 bits per heavy atom. The third-order valence-corrected chi connectivity index (χ3v) is 6.58. The number of rotatable bonds is 3. The summed E-state index contributed by atoms with van der Waals surface area (Å²) in [4.78, 5) is 31.7. The van der Waals surface area contributed by atoms with Gasteiger partial charge < -0.3 is 16.4 Å². The first-order valence-electron chi connectivity index (χ1n) is 8.97. The lowest BCUT2D eigenvalue weighted by Gasteiger charge is -2.25. The zero-order valence-electron chi connectivity index (χ0n) is 14.9. The monoisotopic (exact) mass is 388 g/mol. The van der Waals surface area contributed by atoms with Gasteiger partial charge in [-0.3, -0.25) is 9.59 Å². The third kappa shape index (κ3) is 3.07. The summed E-state index contributed by atoms with van der Waals surface area (Å²) in [5.41, 5.74) is 12.2. The number of nitrogens with zero attached hydrogens (tertiary/aromatic N) is 2. The van der Waals surface area contributed by atoms with Gasteiger partial charge in [-0.25, -0.2) is 9.37 Å². The van der Waals surface area contributed by atoms with Crippen molar-refractivity contribution in [3.05, 3.63) is 35.8 Å². The van der Waals surface area contributed by atoms with Gasteiger partial charge in [0.1, 0.15) is 17.6 Å². The summed E-state index contributed by atoms with van der Waals surface area (Å²) in [5.74, 6) is -0.368. The Balaban J connectivity index is 1.70. The van der Waals surface area contributed by atoms with Crippen molar-refractivity contribution in [3.8, 4) is 10.4 Å². The van der Waals surface area contributed by atoms with Crippen LogP contribution in [0, 0.1) is 23.6 Å². The largest absolute Gasteiger partial charge is 0.375 e. The Labute approximate surface area is 160 Å². The number of hydrogen-bond acceptors (Lipinski definition) is 5. The van der Waals surface area contributed by atoms with E-state index in [2.05, 4.69) is 11.9 Å². The number of fused-ring (bicyclic) bond motifs is 1. The van der Waals surface area contributed by atoms with Crippen molar-refractivity contribution in [2.75, 3.05) is 12.3 Å². The third-order valence-electron chi connectivity index (χ3n) is 5.64. The number of likely N-dealkylation sites (tertiary alicyclic amines) is 1. The van der Waals surface area contributed by atoms with E-state index in [4.69, 9.17) is 11.5 Å². The molecular formula is C19H21FN4O2S. The van der Waals surface area contributed by atoms with E-state index < -0.39 is 17.8 Å². The number of thiazole rings is 1. The lowest BCUT2D eigenvalue weighted by molar-refractivity contribution is -0.122. The Kier molecular flexibility index (Phi) is 4.38. The van der Waals surface area contributed by atoms with E-state index in [-0.39, 0.29) is 28.6 Å². The smallest absolute Gasteiger partial charge is 0.274 e. The van der Waals surface area contributed by atoms with E-state index in [1.807, 2.05) is 0 Å². The molecule has 2 amide bonds. The number of nitrogen functional groups attached to an aromatic ring is 1. The molecule has 2 fully saturated rings. The number of hydrogen-bond donors (Lipinski definition) is 2. The topological polar surface area (TPSA) is 102 Å². The van der Waals surface area contributed by atoms with Gasteiger partial charge in [0.15, 0.2) is 5.13 Å². The van der Waals surface area contributed by atoms with Gasteiger partial charge in [0, 0.05) is 6.54 Å². The van der Waals surface area contributed by atoms with Crippen LogP contribution < -0.4 is 11.5 Å². The maximum Gasteiger partial charge on any atom is 0.274 e. The molecule has 4 N–H and O–H groups in total. The van der Waals surface area contributed by atoms with Crippen LogP contribution in [0.4, 0.5) is 9.52 Å². The molecule has 8 heteroatoms. The average molecular weight is 388 g/mol. The maximum atomic E-state index is 13.7. The highest BCUT2D eigenvalue weighted by atomic mass is 32.1. The van der Waals surface area contributed by atoms with Gasteiger partial charge in [-0.1, -0.05) is 30.4 Å². The van der Waals surface area contributed by atoms with Gasteiger partial charge in [0.05, 0.1) is 4.88 Å². The molecule has 6 nitrogen and oxygen atoms in total. The molecular weight excluding hydrogens is 367 g/mol. The first-order valence-corrected chi connectivity index (χ1v) is 9.79. The lowest BCUT2D eigenvalue weighted by Crippen LogP contribution is -2.46. The van der Waals surface area contributed by atoms with E-state index in [1.54, 1.807) is 17.0 Å². The summed E-state index contributed by atoms with van der Waals surface area (Å²) in [6.07, 6.45) is 1.87. The highest BCUT2D eigenvalue weighted by Crippen LogP contribution is 2.46. The number of anilines is 1. The maximum absolute atomic E-state index is 13.7. The molecule has 142 valence electrons. The highest BCUT2D eigenvalue weighted by Gasteiger charge is 2.51. The van der Waals surface area contributed by atoms with Gasteiger partial charge in [-0.15, -0.1) is 0 Å². The van der Waals surface area contributed by atoms with Crippen LogP contribution in [-0.2, 0) is 4.79 Å². The fourth-order valence-corrected chi connectivity index (χ4v) is 5.48. The summed E-state index contributed by atoms with van der Waals surface area (Å²) in [6.45, 7) is 2.65. The number of carbonyl (C=O) groups is 2. The SMILES string of the molecule is CC1C[C@H]2CN(C(=O)c3nc(N)sc3-c3cccc(F)c3)[C@H](C(N)=O)[C@H]2C1. The van der Waals surface area contributed by atoms with Crippen molar-refractivity contribution in [1.29, 1.82) is 0 Å². The minimum absolute atomic E-state index is 0.0926. The van der Waals surface area contributed by atoms with E-state index in [9.17, 15) is 14.0 Å². The van der Waals surface area contributed by atoms with Gasteiger partial charge in [0.25, 0.3) is 5.91 Å².